The van der Waals surface area contributed by atoms with Gasteiger partial charge in [0.05, 0.1) is 11.6 Å². The molecule has 1 aliphatic rings. The molecule has 2 rings (SSSR count). The summed E-state index contributed by atoms with van der Waals surface area (Å²) in [5, 5.41) is 2.93. The maximum absolute atomic E-state index is 12.4. The van der Waals surface area contributed by atoms with Crippen LogP contribution < -0.4 is 5.32 Å². The number of halogens is 1. The molecule has 23 heavy (non-hydrogen) atoms. The van der Waals surface area contributed by atoms with E-state index in [4.69, 9.17) is 16.3 Å². The van der Waals surface area contributed by atoms with Gasteiger partial charge in [-0.3, -0.25) is 9.69 Å². The van der Waals surface area contributed by atoms with Crippen LogP contribution in [0.5, 0.6) is 0 Å². The van der Waals surface area contributed by atoms with E-state index in [1.807, 2.05) is 30.3 Å². The lowest BCUT2D eigenvalue weighted by atomic mass is 9.80. The average Bonchev–Trinajstić information content (AvgIpc) is 2.56. The van der Waals surface area contributed by atoms with Crippen LogP contribution in [0.15, 0.2) is 30.3 Å². The predicted molar refractivity (Wildman–Crippen MR) is 89.2 cm³/mol. The highest BCUT2D eigenvalue weighted by Gasteiger charge is 2.41. The Morgan fingerprint density at radius 2 is 2.22 bits per heavy atom. The number of carbonyl (C=O) groups is 2. The molecule has 2 unspecified atom stereocenters. The van der Waals surface area contributed by atoms with E-state index in [1.165, 1.54) is 0 Å². The number of likely N-dealkylation sites (tertiary alicyclic amines) is 1. The molecule has 1 aromatic rings. The van der Waals surface area contributed by atoms with Crippen molar-refractivity contribution in [2.45, 2.75) is 44.2 Å². The predicted octanol–water partition coefficient (Wildman–Crippen LogP) is 3.44. The molecule has 0 saturated carbocycles. The molecule has 0 radical (unpaired) electrons. The number of hydrogen-bond acceptors (Lipinski definition) is 3. The second-order valence-corrected chi connectivity index (χ2v) is 6.12. The molecule has 6 heteroatoms. The Morgan fingerprint density at radius 1 is 1.48 bits per heavy atom. The number of benzene rings is 1. The minimum Gasteiger partial charge on any atom is -0.433 e. The third-order valence-corrected chi connectivity index (χ3v) is 4.55. The smallest absolute Gasteiger partial charge is 0.411 e. The van der Waals surface area contributed by atoms with Gasteiger partial charge in [-0.2, -0.15) is 0 Å². The molecule has 1 N–H and O–H groups in total. The fourth-order valence-electron chi connectivity index (χ4n) is 3.42. The topological polar surface area (TPSA) is 58.6 Å². The second-order valence-electron chi connectivity index (χ2n) is 5.90. The number of nitrogens with one attached hydrogen (secondary N) is 1. The van der Waals surface area contributed by atoms with Crippen LogP contribution >= 0.6 is 11.6 Å². The maximum atomic E-state index is 12.4. The van der Waals surface area contributed by atoms with Gasteiger partial charge in [0.1, 0.15) is 0 Å². The molecular weight excluding hydrogens is 316 g/mol. The highest BCUT2D eigenvalue weighted by Crippen LogP contribution is 2.37. The van der Waals surface area contributed by atoms with E-state index in [-0.39, 0.29) is 12.1 Å². The number of nitrogens with zero attached hydrogens (tertiary/aromatic N) is 1. The standard InChI is InChI=1S/C17H23ClN2O3/c1-2-9-17(19-13-21)10-8-15(14-6-4-3-5-7-14)20(11-17)16(22)23-12-18/h3-7,13,15H,2,8-12H2,1H3,(H,19,21). The van der Waals surface area contributed by atoms with Crippen molar-refractivity contribution in [1.82, 2.24) is 10.2 Å². The summed E-state index contributed by atoms with van der Waals surface area (Å²) in [5.74, 6) is 0. The van der Waals surface area contributed by atoms with E-state index < -0.39 is 11.6 Å². The minimum atomic E-state index is -0.443. The van der Waals surface area contributed by atoms with E-state index in [0.29, 0.717) is 6.54 Å². The van der Waals surface area contributed by atoms with Crippen molar-refractivity contribution in [1.29, 1.82) is 0 Å². The Balaban J connectivity index is 2.28. The molecule has 1 aliphatic heterocycles. The Bertz CT molecular complexity index is 526. The van der Waals surface area contributed by atoms with E-state index in [9.17, 15) is 9.59 Å². The molecular formula is C17H23ClN2O3. The first-order valence-corrected chi connectivity index (χ1v) is 8.45. The van der Waals surface area contributed by atoms with Gasteiger partial charge in [-0.1, -0.05) is 55.3 Å². The Hall–Kier alpha value is -1.75. The molecule has 0 bridgehead atoms. The summed E-state index contributed by atoms with van der Waals surface area (Å²) >= 11 is 5.56. The van der Waals surface area contributed by atoms with Crippen LogP contribution in [0.4, 0.5) is 4.79 Å². The number of amides is 2. The summed E-state index contributed by atoms with van der Waals surface area (Å²) in [7, 11) is 0. The summed E-state index contributed by atoms with van der Waals surface area (Å²) in [6.45, 7) is 2.49. The van der Waals surface area contributed by atoms with Crippen LogP contribution in [-0.4, -0.2) is 35.6 Å². The SMILES string of the molecule is CCCC1(NC=O)CCC(c2ccccc2)N(C(=O)OCCl)C1. The molecule has 126 valence electrons. The number of alkyl halides is 1. The zero-order valence-electron chi connectivity index (χ0n) is 13.3. The zero-order chi connectivity index (χ0) is 16.7. The van der Waals surface area contributed by atoms with E-state index in [2.05, 4.69) is 12.2 Å². The normalized spacial score (nSPS) is 24.1. The van der Waals surface area contributed by atoms with Crippen LogP contribution in [-0.2, 0) is 9.53 Å². The van der Waals surface area contributed by atoms with Gasteiger partial charge in [0, 0.05) is 6.54 Å². The quantitative estimate of drug-likeness (QED) is 0.638. The van der Waals surface area contributed by atoms with Gasteiger partial charge in [-0.05, 0) is 24.8 Å². The molecule has 1 aromatic carbocycles. The first kappa shape index (κ1) is 17.6. The van der Waals surface area contributed by atoms with Gasteiger partial charge in [0.25, 0.3) is 0 Å². The number of hydrogen-bond donors (Lipinski definition) is 1. The fourth-order valence-corrected chi connectivity index (χ4v) is 3.52. The van der Waals surface area contributed by atoms with Crippen LogP contribution in [0.1, 0.15) is 44.2 Å². The Kier molecular flexibility index (Phi) is 6.28. The summed E-state index contributed by atoms with van der Waals surface area (Å²) in [5.41, 5.74) is 0.669. The van der Waals surface area contributed by atoms with Crippen LogP contribution in [0.25, 0.3) is 0 Å². The van der Waals surface area contributed by atoms with Gasteiger partial charge in [0.15, 0.2) is 6.07 Å². The molecule has 5 nitrogen and oxygen atoms in total. The summed E-state index contributed by atoms with van der Waals surface area (Å²) in [4.78, 5) is 25.1. The largest absolute Gasteiger partial charge is 0.433 e. The monoisotopic (exact) mass is 338 g/mol. The summed E-state index contributed by atoms with van der Waals surface area (Å²) in [6.07, 6.45) is 3.62. The van der Waals surface area contributed by atoms with Crippen molar-refractivity contribution < 1.29 is 14.3 Å². The van der Waals surface area contributed by atoms with Crippen molar-refractivity contribution >= 4 is 24.1 Å². The van der Waals surface area contributed by atoms with Crippen molar-refractivity contribution in [3.05, 3.63) is 35.9 Å². The molecule has 1 heterocycles. The van der Waals surface area contributed by atoms with Gasteiger partial charge in [-0.25, -0.2) is 4.79 Å². The van der Waals surface area contributed by atoms with Crippen molar-refractivity contribution in [2.75, 3.05) is 12.6 Å². The summed E-state index contributed by atoms with van der Waals surface area (Å²) in [6, 6.07) is 9.62. The summed E-state index contributed by atoms with van der Waals surface area (Å²) < 4.78 is 5.02. The van der Waals surface area contributed by atoms with Crippen LogP contribution in [0.2, 0.25) is 0 Å². The molecule has 2 atom stereocenters. The van der Waals surface area contributed by atoms with Crippen molar-refractivity contribution in [3.63, 3.8) is 0 Å². The number of carbonyl (C=O) groups excluding carboxylic acids is 2. The fraction of sp³-hybridized carbons (Fsp3) is 0.529. The third-order valence-electron chi connectivity index (χ3n) is 4.44. The molecule has 0 spiro atoms. The van der Waals surface area contributed by atoms with Crippen molar-refractivity contribution in [3.8, 4) is 0 Å². The number of piperidine rings is 1. The lowest BCUT2D eigenvalue weighted by Gasteiger charge is -2.46. The Labute approximate surface area is 141 Å². The Morgan fingerprint density at radius 3 is 2.83 bits per heavy atom. The molecule has 0 aromatic heterocycles. The van der Waals surface area contributed by atoms with Crippen LogP contribution in [0.3, 0.4) is 0 Å². The lowest BCUT2D eigenvalue weighted by Crippen LogP contribution is -2.58. The first-order chi connectivity index (χ1) is 11.2. The van der Waals surface area contributed by atoms with E-state index in [0.717, 1.165) is 37.7 Å². The van der Waals surface area contributed by atoms with Gasteiger partial charge in [-0.15, -0.1) is 0 Å². The van der Waals surface area contributed by atoms with Gasteiger partial charge in [0.2, 0.25) is 6.41 Å². The molecule has 0 aliphatic carbocycles. The van der Waals surface area contributed by atoms with E-state index in [1.54, 1.807) is 4.90 Å². The molecule has 1 fully saturated rings. The minimum absolute atomic E-state index is 0.0645. The zero-order valence-corrected chi connectivity index (χ0v) is 14.1. The second kappa shape index (κ2) is 8.20. The number of rotatable bonds is 6. The van der Waals surface area contributed by atoms with E-state index >= 15 is 0 Å². The van der Waals surface area contributed by atoms with Gasteiger partial charge < -0.3 is 10.1 Å². The highest BCUT2D eigenvalue weighted by molar-refractivity contribution is 6.17. The lowest BCUT2D eigenvalue weighted by molar-refractivity contribution is -0.112. The van der Waals surface area contributed by atoms with Crippen LogP contribution in [0, 0.1) is 0 Å². The molecule has 1 saturated heterocycles. The van der Waals surface area contributed by atoms with Gasteiger partial charge >= 0.3 is 6.09 Å². The molecule has 2 amide bonds. The first-order valence-electron chi connectivity index (χ1n) is 7.91. The van der Waals surface area contributed by atoms with Crippen molar-refractivity contribution in [2.24, 2.45) is 0 Å². The third kappa shape index (κ3) is 4.16. The number of ether oxygens (including phenoxy) is 1. The average molecular weight is 339 g/mol. The highest BCUT2D eigenvalue weighted by atomic mass is 35.5. The maximum Gasteiger partial charge on any atom is 0.411 e.